The summed E-state index contributed by atoms with van der Waals surface area (Å²) in [6.45, 7) is 0.816. The summed E-state index contributed by atoms with van der Waals surface area (Å²) in [6, 6.07) is 19.2. The van der Waals surface area contributed by atoms with Crippen molar-refractivity contribution in [1.29, 1.82) is 0 Å². The van der Waals surface area contributed by atoms with E-state index in [-0.39, 0.29) is 6.04 Å². The number of benzene rings is 2. The predicted molar refractivity (Wildman–Crippen MR) is 101 cm³/mol. The molecule has 0 bridgehead atoms. The van der Waals surface area contributed by atoms with E-state index in [9.17, 15) is 13.2 Å². The third-order valence-corrected chi connectivity index (χ3v) is 4.68. The van der Waals surface area contributed by atoms with Gasteiger partial charge in [0, 0.05) is 12.7 Å². The van der Waals surface area contributed by atoms with E-state index < -0.39 is 11.7 Å². The van der Waals surface area contributed by atoms with E-state index in [1.807, 2.05) is 41.1 Å². The lowest BCUT2D eigenvalue weighted by atomic mass is 10.1. The maximum absolute atomic E-state index is 12.9. The summed E-state index contributed by atoms with van der Waals surface area (Å²) < 4.78 is 46.5. The zero-order chi connectivity index (χ0) is 19.6. The number of nitrogens with zero attached hydrogens (tertiary/aromatic N) is 2. The van der Waals surface area contributed by atoms with Crippen LogP contribution in [-0.4, -0.2) is 23.1 Å². The molecule has 0 saturated carbocycles. The molecule has 0 N–H and O–H groups in total. The van der Waals surface area contributed by atoms with Gasteiger partial charge in [0.15, 0.2) is 0 Å². The second kappa shape index (κ2) is 7.54. The summed E-state index contributed by atoms with van der Waals surface area (Å²) in [5.74, 6) is 0.540. The molecule has 0 amide bonds. The number of aliphatic imine (C=N–C) groups is 1. The van der Waals surface area contributed by atoms with Crippen molar-refractivity contribution in [2.75, 3.05) is 6.61 Å². The molecule has 1 aliphatic heterocycles. The Morgan fingerprint density at radius 3 is 2.54 bits per heavy atom. The van der Waals surface area contributed by atoms with Crippen LogP contribution in [0, 0.1) is 0 Å². The van der Waals surface area contributed by atoms with E-state index in [2.05, 4.69) is 17.1 Å². The standard InChI is InChI=1S/C22H19F3N2O/c23-22(24,25)18-9-4-8-17(12-18)14-27-11-5-10-20(27)21-26-19(15-28-21)13-16-6-2-1-3-7-16/h1-12,19H,13-15H2. The van der Waals surface area contributed by atoms with E-state index >= 15 is 0 Å². The molecular weight excluding hydrogens is 365 g/mol. The number of hydrogen-bond acceptors (Lipinski definition) is 2. The molecule has 6 heteroatoms. The van der Waals surface area contributed by atoms with E-state index in [1.165, 1.54) is 17.7 Å². The van der Waals surface area contributed by atoms with Crippen LogP contribution in [0.5, 0.6) is 0 Å². The van der Waals surface area contributed by atoms with Gasteiger partial charge >= 0.3 is 6.18 Å². The molecule has 1 aromatic heterocycles. The van der Waals surface area contributed by atoms with Crippen molar-refractivity contribution in [2.45, 2.75) is 25.2 Å². The van der Waals surface area contributed by atoms with Crippen LogP contribution < -0.4 is 0 Å². The highest BCUT2D eigenvalue weighted by Gasteiger charge is 2.30. The van der Waals surface area contributed by atoms with Crippen LogP contribution in [0.25, 0.3) is 0 Å². The number of hydrogen-bond donors (Lipinski definition) is 0. The van der Waals surface area contributed by atoms with Gasteiger partial charge in [0.05, 0.1) is 11.6 Å². The lowest BCUT2D eigenvalue weighted by Gasteiger charge is -2.11. The van der Waals surface area contributed by atoms with Gasteiger partial charge in [0.1, 0.15) is 12.3 Å². The van der Waals surface area contributed by atoms with Crippen LogP contribution in [0.3, 0.4) is 0 Å². The van der Waals surface area contributed by atoms with Crippen LogP contribution in [0.2, 0.25) is 0 Å². The molecule has 1 atom stereocenters. The SMILES string of the molecule is FC(F)(F)c1cccc(Cn2cccc2C2=NC(Cc3ccccc3)CO2)c1. The zero-order valence-corrected chi connectivity index (χ0v) is 15.1. The first-order valence-electron chi connectivity index (χ1n) is 9.05. The molecule has 0 aliphatic carbocycles. The molecule has 2 heterocycles. The molecule has 1 aliphatic rings. The Kier molecular flexibility index (Phi) is 4.94. The molecule has 3 nitrogen and oxygen atoms in total. The van der Waals surface area contributed by atoms with Crippen molar-refractivity contribution in [1.82, 2.24) is 4.57 Å². The average Bonchev–Trinajstić information content (AvgIpc) is 3.31. The fourth-order valence-electron chi connectivity index (χ4n) is 3.34. The smallest absolute Gasteiger partial charge is 0.416 e. The van der Waals surface area contributed by atoms with Crippen molar-refractivity contribution in [3.05, 3.63) is 95.3 Å². The Bertz CT molecular complexity index is 977. The van der Waals surface area contributed by atoms with Gasteiger partial charge in [-0.3, -0.25) is 0 Å². The Balaban J connectivity index is 1.51. The fourth-order valence-corrected chi connectivity index (χ4v) is 3.34. The minimum atomic E-state index is -4.35. The fraction of sp³-hybridized carbons (Fsp3) is 0.227. The van der Waals surface area contributed by atoms with E-state index in [4.69, 9.17) is 4.74 Å². The molecule has 0 fully saturated rings. The number of rotatable bonds is 5. The molecule has 0 radical (unpaired) electrons. The Morgan fingerprint density at radius 1 is 0.964 bits per heavy atom. The lowest BCUT2D eigenvalue weighted by Crippen LogP contribution is -2.12. The minimum absolute atomic E-state index is 0.0364. The lowest BCUT2D eigenvalue weighted by molar-refractivity contribution is -0.137. The Labute approximate surface area is 161 Å². The quantitative estimate of drug-likeness (QED) is 0.612. The van der Waals surface area contributed by atoms with Gasteiger partial charge in [-0.25, -0.2) is 4.99 Å². The average molecular weight is 384 g/mol. The third-order valence-electron chi connectivity index (χ3n) is 4.68. The molecule has 0 spiro atoms. The van der Waals surface area contributed by atoms with E-state index in [0.717, 1.165) is 18.2 Å². The largest absolute Gasteiger partial charge is 0.474 e. The van der Waals surface area contributed by atoms with Gasteiger partial charge in [-0.2, -0.15) is 13.2 Å². The second-order valence-electron chi connectivity index (χ2n) is 6.81. The van der Waals surface area contributed by atoms with E-state index in [0.29, 0.717) is 24.6 Å². The molecule has 2 aromatic carbocycles. The third kappa shape index (κ3) is 4.11. The van der Waals surface area contributed by atoms with Gasteiger partial charge < -0.3 is 9.30 Å². The summed E-state index contributed by atoms with van der Waals surface area (Å²) in [5, 5.41) is 0. The molecule has 3 aromatic rings. The number of aromatic nitrogens is 1. The number of halogens is 3. The number of alkyl halides is 3. The Morgan fingerprint density at radius 2 is 1.75 bits per heavy atom. The van der Waals surface area contributed by atoms with Gasteiger partial charge in [-0.15, -0.1) is 0 Å². The monoisotopic (exact) mass is 384 g/mol. The van der Waals surface area contributed by atoms with Crippen molar-refractivity contribution in [3.8, 4) is 0 Å². The summed E-state index contributed by atoms with van der Waals surface area (Å²) in [7, 11) is 0. The molecule has 0 saturated heterocycles. The first-order chi connectivity index (χ1) is 13.5. The van der Waals surface area contributed by atoms with Crippen LogP contribution in [0.1, 0.15) is 22.4 Å². The maximum atomic E-state index is 12.9. The molecule has 144 valence electrons. The first-order valence-corrected chi connectivity index (χ1v) is 9.05. The van der Waals surface area contributed by atoms with Crippen molar-refractivity contribution in [3.63, 3.8) is 0 Å². The van der Waals surface area contributed by atoms with Gasteiger partial charge in [-0.05, 0) is 41.8 Å². The summed E-state index contributed by atoms with van der Waals surface area (Å²) >= 11 is 0. The van der Waals surface area contributed by atoms with Crippen molar-refractivity contribution in [2.24, 2.45) is 4.99 Å². The highest BCUT2D eigenvalue weighted by Crippen LogP contribution is 2.29. The zero-order valence-electron chi connectivity index (χ0n) is 15.1. The van der Waals surface area contributed by atoms with Crippen LogP contribution >= 0.6 is 0 Å². The summed E-state index contributed by atoms with van der Waals surface area (Å²) in [5.41, 5.74) is 1.90. The van der Waals surface area contributed by atoms with Gasteiger partial charge in [-0.1, -0.05) is 42.5 Å². The van der Waals surface area contributed by atoms with Gasteiger partial charge in [0.2, 0.25) is 5.90 Å². The van der Waals surface area contributed by atoms with Crippen LogP contribution in [0.4, 0.5) is 13.2 Å². The Hall–Kier alpha value is -3.02. The van der Waals surface area contributed by atoms with Crippen LogP contribution in [-0.2, 0) is 23.9 Å². The van der Waals surface area contributed by atoms with Crippen molar-refractivity contribution < 1.29 is 17.9 Å². The minimum Gasteiger partial charge on any atom is -0.474 e. The highest BCUT2D eigenvalue weighted by atomic mass is 19.4. The normalized spacial score (nSPS) is 16.7. The number of ether oxygens (including phenoxy) is 1. The molecule has 1 unspecified atom stereocenters. The highest BCUT2D eigenvalue weighted by molar-refractivity contribution is 5.93. The van der Waals surface area contributed by atoms with Crippen LogP contribution in [0.15, 0.2) is 77.9 Å². The topological polar surface area (TPSA) is 26.5 Å². The summed E-state index contributed by atoms with van der Waals surface area (Å²) in [4.78, 5) is 4.68. The molecule has 4 rings (SSSR count). The van der Waals surface area contributed by atoms with E-state index in [1.54, 1.807) is 6.07 Å². The second-order valence-corrected chi connectivity index (χ2v) is 6.81. The predicted octanol–water partition coefficient (Wildman–Crippen LogP) is 4.94. The van der Waals surface area contributed by atoms with Gasteiger partial charge in [0.25, 0.3) is 0 Å². The molecule has 28 heavy (non-hydrogen) atoms. The maximum Gasteiger partial charge on any atom is 0.416 e. The summed E-state index contributed by atoms with van der Waals surface area (Å²) in [6.07, 6.45) is -1.73. The first kappa shape index (κ1) is 18.3. The molecular formula is C22H19F3N2O. The van der Waals surface area contributed by atoms with Crippen molar-refractivity contribution >= 4 is 5.90 Å².